The Morgan fingerprint density at radius 2 is 1.85 bits per heavy atom. The lowest BCUT2D eigenvalue weighted by Gasteiger charge is -2.33. The summed E-state index contributed by atoms with van der Waals surface area (Å²) in [5, 5.41) is 32.6. The number of phenols is 1. The van der Waals surface area contributed by atoms with Crippen LogP contribution in [0, 0.1) is 29.6 Å². The van der Waals surface area contributed by atoms with Crippen molar-refractivity contribution in [2.24, 2.45) is 5.92 Å². The van der Waals surface area contributed by atoms with Gasteiger partial charge in [-0.1, -0.05) is 47.6 Å². The predicted molar refractivity (Wildman–Crippen MR) is 96.3 cm³/mol. The van der Waals surface area contributed by atoms with Crippen LogP contribution in [0.15, 0.2) is 59.1 Å². The van der Waals surface area contributed by atoms with Crippen molar-refractivity contribution in [1.82, 2.24) is 5.16 Å². The number of fused-ring (bicyclic) bond motifs is 1. The normalized spacial score (nSPS) is 21.8. The highest BCUT2D eigenvalue weighted by Gasteiger charge is 2.45. The Labute approximate surface area is 151 Å². The number of nitrogens with one attached hydrogen (secondary N) is 1. The number of hydrogen-bond donors (Lipinski definition) is 2. The van der Waals surface area contributed by atoms with Crippen LogP contribution in [0.5, 0.6) is 5.75 Å². The number of hydrogen-bond acceptors (Lipinski definition) is 5. The smallest absolute Gasteiger partial charge is 0.153 e. The molecule has 1 heterocycles. The Bertz CT molecular complexity index is 1020. The molecule has 128 valence electrons. The summed E-state index contributed by atoms with van der Waals surface area (Å²) in [7, 11) is 0. The lowest BCUT2D eigenvalue weighted by molar-refractivity contribution is 0.373. The van der Waals surface area contributed by atoms with Gasteiger partial charge in [-0.05, 0) is 30.2 Å². The van der Waals surface area contributed by atoms with E-state index in [0.717, 1.165) is 22.4 Å². The van der Waals surface area contributed by atoms with Gasteiger partial charge in [-0.25, -0.2) is 0 Å². The summed E-state index contributed by atoms with van der Waals surface area (Å²) in [5.74, 6) is -0.744. The van der Waals surface area contributed by atoms with E-state index >= 15 is 0 Å². The van der Waals surface area contributed by atoms with Crippen molar-refractivity contribution in [3.05, 3.63) is 82.7 Å². The molecule has 1 aliphatic rings. The Kier molecular flexibility index (Phi) is 3.81. The lowest BCUT2D eigenvalue weighted by atomic mass is 9.67. The molecule has 0 aliphatic heterocycles. The van der Waals surface area contributed by atoms with Crippen LogP contribution in [0.25, 0.3) is 0 Å². The van der Waals surface area contributed by atoms with Gasteiger partial charge in [0.05, 0.1) is 23.6 Å². The van der Waals surface area contributed by atoms with Crippen molar-refractivity contribution in [2.75, 3.05) is 0 Å². The molecule has 0 bridgehead atoms. The van der Waals surface area contributed by atoms with Gasteiger partial charge in [-0.3, -0.25) is 0 Å². The highest BCUT2D eigenvalue weighted by molar-refractivity contribution is 5.97. The Morgan fingerprint density at radius 3 is 2.54 bits per heavy atom. The van der Waals surface area contributed by atoms with E-state index in [2.05, 4.69) is 11.2 Å². The van der Waals surface area contributed by atoms with Gasteiger partial charge in [0.1, 0.15) is 5.75 Å². The van der Waals surface area contributed by atoms with Gasteiger partial charge in [0.25, 0.3) is 0 Å². The summed E-state index contributed by atoms with van der Waals surface area (Å²) < 4.78 is 5.63. The minimum absolute atomic E-state index is 0.117. The average Bonchev–Trinajstić information content (AvgIpc) is 3.02. The maximum absolute atomic E-state index is 9.88. The summed E-state index contributed by atoms with van der Waals surface area (Å²) in [5.41, 5.74) is 3.54. The minimum atomic E-state index is -0.629. The Balaban J connectivity index is 1.95. The molecule has 0 amide bonds. The second kappa shape index (κ2) is 6.16. The summed E-state index contributed by atoms with van der Waals surface area (Å²) >= 11 is 0. The lowest BCUT2D eigenvalue weighted by Crippen LogP contribution is -2.33. The summed E-state index contributed by atoms with van der Waals surface area (Å²) in [6.07, 6.45) is 0. The van der Waals surface area contributed by atoms with E-state index in [1.54, 1.807) is 18.2 Å². The summed E-state index contributed by atoms with van der Waals surface area (Å²) in [6, 6.07) is 18.8. The molecular formula is C21H17N3O2. The van der Waals surface area contributed by atoms with Crippen molar-refractivity contribution in [3.8, 4) is 11.8 Å². The number of phenolic OH excluding ortho intramolecular Hbond substituents is 1. The van der Waals surface area contributed by atoms with Crippen LogP contribution in [0.3, 0.4) is 0 Å². The van der Waals surface area contributed by atoms with Gasteiger partial charge < -0.3 is 15.0 Å². The molecule has 2 aromatic carbocycles. The first-order chi connectivity index (χ1) is 12.6. The second-order valence-electron chi connectivity index (χ2n) is 6.52. The summed E-state index contributed by atoms with van der Waals surface area (Å²) in [6.45, 7) is 1.86. The fourth-order valence-corrected chi connectivity index (χ4v) is 3.85. The van der Waals surface area contributed by atoms with Crippen LogP contribution in [0.4, 0.5) is 0 Å². The number of nitrogens with zero attached hydrogens (tertiary/aromatic N) is 2. The molecule has 5 nitrogen and oxygen atoms in total. The molecule has 0 saturated carbocycles. The van der Waals surface area contributed by atoms with Crippen LogP contribution >= 0.6 is 0 Å². The second-order valence-corrected chi connectivity index (χ2v) is 6.52. The monoisotopic (exact) mass is 343 g/mol. The average molecular weight is 343 g/mol. The largest absolute Gasteiger partial charge is 0.508 e. The van der Waals surface area contributed by atoms with Crippen molar-refractivity contribution in [2.45, 2.75) is 18.8 Å². The van der Waals surface area contributed by atoms with Crippen LogP contribution in [0.1, 0.15) is 40.0 Å². The topological polar surface area (TPSA) is 93.9 Å². The van der Waals surface area contributed by atoms with Crippen molar-refractivity contribution < 1.29 is 9.63 Å². The van der Waals surface area contributed by atoms with Crippen LogP contribution in [-0.4, -0.2) is 16.0 Å². The van der Waals surface area contributed by atoms with Gasteiger partial charge in [0, 0.05) is 17.2 Å². The van der Waals surface area contributed by atoms with E-state index < -0.39 is 11.8 Å². The number of rotatable bonds is 2. The highest BCUT2D eigenvalue weighted by Crippen LogP contribution is 2.47. The maximum Gasteiger partial charge on any atom is 0.153 e. The first-order valence-electron chi connectivity index (χ1n) is 8.39. The SMILES string of the molecule is Cc1noc2c1[C@H](c1ccccc1)C(C#N)C(=N)[C@@H]2c1cccc(O)c1. The molecule has 1 aliphatic carbocycles. The first-order valence-corrected chi connectivity index (χ1v) is 8.39. The molecule has 0 saturated heterocycles. The van der Waals surface area contributed by atoms with Crippen molar-refractivity contribution >= 4 is 5.71 Å². The number of benzene rings is 2. The number of nitriles is 1. The quantitative estimate of drug-likeness (QED) is 0.731. The van der Waals surface area contributed by atoms with Crippen molar-refractivity contribution in [1.29, 1.82) is 10.7 Å². The number of aryl methyl sites for hydroxylation is 1. The standard InChI is InChI=1S/C21H17N3O2/c1-12-17-18(13-6-3-2-4-7-13)16(11-22)20(23)19(21(17)26-24-12)14-8-5-9-15(25)10-14/h2-10,16,18-19,23,25H,1H3/t16?,18-,19+/m1/s1. The molecule has 3 aromatic rings. The van der Waals surface area contributed by atoms with E-state index in [1.807, 2.05) is 43.3 Å². The van der Waals surface area contributed by atoms with E-state index in [1.165, 1.54) is 0 Å². The van der Waals surface area contributed by atoms with E-state index in [0.29, 0.717) is 5.76 Å². The fourth-order valence-electron chi connectivity index (χ4n) is 3.85. The van der Waals surface area contributed by atoms with Crippen molar-refractivity contribution in [3.63, 3.8) is 0 Å². The van der Waals surface area contributed by atoms with Crippen LogP contribution in [0.2, 0.25) is 0 Å². The molecule has 1 unspecified atom stereocenters. The number of aromatic nitrogens is 1. The zero-order valence-corrected chi connectivity index (χ0v) is 14.2. The third-order valence-electron chi connectivity index (χ3n) is 4.99. The molecular weight excluding hydrogens is 326 g/mol. The zero-order chi connectivity index (χ0) is 18.3. The molecule has 2 N–H and O–H groups in total. The van der Waals surface area contributed by atoms with E-state index in [9.17, 15) is 10.4 Å². The molecule has 4 rings (SSSR count). The maximum atomic E-state index is 9.88. The Hall–Kier alpha value is -3.39. The third-order valence-corrected chi connectivity index (χ3v) is 4.99. The molecule has 0 radical (unpaired) electrons. The van der Waals surface area contributed by atoms with Crippen LogP contribution < -0.4 is 0 Å². The molecule has 3 atom stereocenters. The van der Waals surface area contributed by atoms with E-state index in [4.69, 9.17) is 9.93 Å². The number of aromatic hydroxyl groups is 1. The molecule has 0 fully saturated rings. The predicted octanol–water partition coefficient (Wildman–Crippen LogP) is 4.13. The van der Waals surface area contributed by atoms with E-state index in [-0.39, 0.29) is 17.4 Å². The van der Waals surface area contributed by atoms with Gasteiger partial charge in [0.15, 0.2) is 5.76 Å². The third kappa shape index (κ3) is 2.39. The minimum Gasteiger partial charge on any atom is -0.508 e. The molecule has 5 heteroatoms. The molecule has 0 spiro atoms. The Morgan fingerprint density at radius 1 is 1.12 bits per heavy atom. The van der Waals surface area contributed by atoms with Gasteiger partial charge in [-0.2, -0.15) is 5.26 Å². The first kappa shape index (κ1) is 16.1. The fraction of sp³-hybridized carbons (Fsp3) is 0.190. The molecule has 26 heavy (non-hydrogen) atoms. The summed E-state index contributed by atoms with van der Waals surface area (Å²) in [4.78, 5) is 0. The van der Waals surface area contributed by atoms with Gasteiger partial charge >= 0.3 is 0 Å². The van der Waals surface area contributed by atoms with Crippen LogP contribution in [-0.2, 0) is 0 Å². The van der Waals surface area contributed by atoms with Gasteiger partial charge in [0.2, 0.25) is 0 Å². The highest BCUT2D eigenvalue weighted by atomic mass is 16.5. The van der Waals surface area contributed by atoms with Gasteiger partial charge in [-0.15, -0.1) is 0 Å². The molecule has 1 aromatic heterocycles. The zero-order valence-electron chi connectivity index (χ0n) is 14.2.